The molecule has 0 aliphatic rings. The second-order valence-electron chi connectivity index (χ2n) is 7.17. The maximum absolute atomic E-state index is 12.4. The van der Waals surface area contributed by atoms with E-state index in [2.05, 4.69) is 34.6 Å². The summed E-state index contributed by atoms with van der Waals surface area (Å²) < 4.78 is 7.65. The Hall–Kier alpha value is -2.80. The molecular weight excluding hydrogens is 384 g/mol. The van der Waals surface area contributed by atoms with E-state index in [1.165, 1.54) is 17.3 Å². The third-order valence-corrected chi connectivity index (χ3v) is 5.58. The number of hydrogen-bond acceptors (Lipinski definition) is 5. The second-order valence-corrected chi connectivity index (χ2v) is 8.12. The summed E-state index contributed by atoms with van der Waals surface area (Å²) in [6.45, 7) is 8.41. The van der Waals surface area contributed by atoms with Crippen LogP contribution in [0.1, 0.15) is 28.1 Å². The van der Waals surface area contributed by atoms with E-state index < -0.39 is 0 Å². The molecule has 0 bridgehead atoms. The summed E-state index contributed by atoms with van der Waals surface area (Å²) in [4.78, 5) is 12.4. The minimum absolute atomic E-state index is 0.0642. The van der Waals surface area contributed by atoms with Gasteiger partial charge in [-0.25, -0.2) is 0 Å². The lowest BCUT2D eigenvalue weighted by molar-refractivity contribution is -0.113. The number of rotatable bonds is 7. The number of amides is 1. The van der Waals surface area contributed by atoms with Gasteiger partial charge in [0.1, 0.15) is 12.4 Å². The molecule has 2 aromatic carbocycles. The van der Waals surface area contributed by atoms with Crippen molar-refractivity contribution in [3.8, 4) is 5.75 Å². The molecule has 0 fully saturated rings. The fraction of sp³-hybridized carbons (Fsp3) is 0.318. The molecule has 0 radical (unpaired) electrons. The van der Waals surface area contributed by atoms with Crippen LogP contribution in [0, 0.1) is 27.7 Å². The first kappa shape index (κ1) is 20.9. The van der Waals surface area contributed by atoms with Crippen LogP contribution in [0.2, 0.25) is 0 Å². The van der Waals surface area contributed by atoms with Gasteiger partial charge in [0.2, 0.25) is 5.91 Å². The highest BCUT2D eigenvalue weighted by Crippen LogP contribution is 2.23. The largest absolute Gasteiger partial charge is 0.486 e. The second kappa shape index (κ2) is 9.13. The van der Waals surface area contributed by atoms with Crippen molar-refractivity contribution in [2.45, 2.75) is 39.5 Å². The molecule has 1 N–H and O–H groups in total. The Bertz CT molecular complexity index is 1010. The first-order chi connectivity index (χ1) is 13.8. The Morgan fingerprint density at radius 1 is 1.07 bits per heavy atom. The molecule has 0 spiro atoms. The lowest BCUT2D eigenvalue weighted by Crippen LogP contribution is -2.16. The van der Waals surface area contributed by atoms with Crippen LogP contribution in [0.5, 0.6) is 5.75 Å². The van der Waals surface area contributed by atoms with Crippen LogP contribution in [0.4, 0.5) is 5.69 Å². The summed E-state index contributed by atoms with van der Waals surface area (Å²) in [6.07, 6.45) is 0. The standard InChI is InChI=1S/C22H26N4O2S/c1-14-7-6-8-18(11-14)28-12-19-24-25-22(26(19)5)29-13-20(27)23-21-16(3)9-15(2)10-17(21)4/h6-11H,12-13H2,1-5H3,(H,23,27). The van der Waals surface area contributed by atoms with E-state index in [0.29, 0.717) is 17.6 Å². The summed E-state index contributed by atoms with van der Waals surface area (Å²) in [5.74, 6) is 1.70. The Morgan fingerprint density at radius 2 is 1.79 bits per heavy atom. The maximum Gasteiger partial charge on any atom is 0.234 e. The number of aromatic nitrogens is 3. The minimum atomic E-state index is -0.0642. The summed E-state index contributed by atoms with van der Waals surface area (Å²) in [6, 6.07) is 12.0. The molecule has 1 heterocycles. The molecule has 6 nitrogen and oxygen atoms in total. The zero-order valence-electron chi connectivity index (χ0n) is 17.4. The lowest BCUT2D eigenvalue weighted by atomic mass is 10.1. The van der Waals surface area contributed by atoms with Gasteiger partial charge in [-0.2, -0.15) is 0 Å². The number of benzene rings is 2. The number of thioether (sulfide) groups is 1. The average molecular weight is 411 g/mol. The molecule has 0 saturated heterocycles. The van der Waals surface area contributed by atoms with Gasteiger partial charge in [0.05, 0.1) is 5.75 Å². The molecule has 0 unspecified atom stereocenters. The van der Waals surface area contributed by atoms with Crippen LogP contribution in [0.25, 0.3) is 0 Å². The molecule has 1 amide bonds. The number of hydrogen-bond donors (Lipinski definition) is 1. The van der Waals surface area contributed by atoms with Gasteiger partial charge in [-0.05, 0) is 56.5 Å². The summed E-state index contributed by atoms with van der Waals surface area (Å²) in [5.41, 5.74) is 5.34. The number of aryl methyl sites for hydroxylation is 4. The normalized spacial score (nSPS) is 10.8. The molecule has 29 heavy (non-hydrogen) atoms. The predicted molar refractivity (Wildman–Crippen MR) is 117 cm³/mol. The van der Waals surface area contributed by atoms with Crippen molar-refractivity contribution in [3.63, 3.8) is 0 Å². The van der Waals surface area contributed by atoms with E-state index in [1.807, 2.05) is 56.7 Å². The molecule has 3 rings (SSSR count). The van der Waals surface area contributed by atoms with Crippen molar-refractivity contribution in [1.82, 2.24) is 14.8 Å². The zero-order chi connectivity index (χ0) is 21.0. The van der Waals surface area contributed by atoms with Gasteiger partial charge in [0.15, 0.2) is 11.0 Å². The van der Waals surface area contributed by atoms with Crippen molar-refractivity contribution in [2.75, 3.05) is 11.1 Å². The summed E-state index contributed by atoms with van der Waals surface area (Å²) in [7, 11) is 1.88. The van der Waals surface area contributed by atoms with Gasteiger partial charge in [0.25, 0.3) is 0 Å². The van der Waals surface area contributed by atoms with Crippen LogP contribution in [-0.4, -0.2) is 26.4 Å². The fourth-order valence-corrected chi connectivity index (χ4v) is 3.86. The SMILES string of the molecule is Cc1cccc(OCc2nnc(SCC(=O)Nc3c(C)cc(C)cc3C)n2C)c1. The molecular formula is C22H26N4O2S. The maximum atomic E-state index is 12.4. The Kier molecular flexibility index (Phi) is 6.59. The van der Waals surface area contributed by atoms with Crippen LogP contribution < -0.4 is 10.1 Å². The fourth-order valence-electron chi connectivity index (χ4n) is 3.13. The van der Waals surface area contributed by atoms with Gasteiger partial charge >= 0.3 is 0 Å². The molecule has 0 aliphatic carbocycles. The number of anilines is 1. The van der Waals surface area contributed by atoms with Gasteiger partial charge in [-0.15, -0.1) is 10.2 Å². The van der Waals surface area contributed by atoms with E-state index in [1.54, 1.807) is 0 Å². The van der Waals surface area contributed by atoms with E-state index in [0.717, 1.165) is 28.1 Å². The van der Waals surface area contributed by atoms with E-state index in [4.69, 9.17) is 4.74 Å². The number of nitrogens with one attached hydrogen (secondary N) is 1. The van der Waals surface area contributed by atoms with Crippen molar-refractivity contribution in [2.24, 2.45) is 7.05 Å². The number of carbonyl (C=O) groups is 1. The third-order valence-electron chi connectivity index (χ3n) is 4.56. The monoisotopic (exact) mass is 410 g/mol. The number of carbonyl (C=O) groups excluding carboxylic acids is 1. The van der Waals surface area contributed by atoms with E-state index >= 15 is 0 Å². The molecule has 152 valence electrons. The Labute approximate surface area is 175 Å². The van der Waals surface area contributed by atoms with Crippen LogP contribution >= 0.6 is 11.8 Å². The molecule has 0 atom stereocenters. The van der Waals surface area contributed by atoms with Gasteiger partial charge in [0, 0.05) is 12.7 Å². The van der Waals surface area contributed by atoms with Crippen molar-refractivity contribution < 1.29 is 9.53 Å². The number of nitrogens with zero attached hydrogens (tertiary/aromatic N) is 3. The summed E-state index contributed by atoms with van der Waals surface area (Å²) in [5, 5.41) is 12.1. The first-order valence-electron chi connectivity index (χ1n) is 9.41. The van der Waals surface area contributed by atoms with Crippen molar-refractivity contribution in [3.05, 3.63) is 64.5 Å². The molecule has 1 aromatic heterocycles. The highest BCUT2D eigenvalue weighted by Gasteiger charge is 2.13. The van der Waals surface area contributed by atoms with Crippen LogP contribution in [-0.2, 0) is 18.4 Å². The lowest BCUT2D eigenvalue weighted by Gasteiger charge is -2.12. The van der Waals surface area contributed by atoms with Crippen LogP contribution in [0.3, 0.4) is 0 Å². The van der Waals surface area contributed by atoms with E-state index in [9.17, 15) is 4.79 Å². The van der Waals surface area contributed by atoms with Gasteiger partial charge in [-0.1, -0.05) is 41.6 Å². The Balaban J connectivity index is 1.57. The first-order valence-corrected chi connectivity index (χ1v) is 10.4. The third kappa shape index (κ3) is 5.38. The smallest absolute Gasteiger partial charge is 0.234 e. The summed E-state index contributed by atoms with van der Waals surface area (Å²) >= 11 is 1.36. The Morgan fingerprint density at radius 3 is 2.48 bits per heavy atom. The van der Waals surface area contributed by atoms with E-state index in [-0.39, 0.29) is 11.7 Å². The molecule has 7 heteroatoms. The molecule has 3 aromatic rings. The minimum Gasteiger partial charge on any atom is -0.486 e. The molecule has 0 saturated carbocycles. The zero-order valence-corrected chi connectivity index (χ0v) is 18.3. The molecule has 0 aliphatic heterocycles. The highest BCUT2D eigenvalue weighted by atomic mass is 32.2. The van der Waals surface area contributed by atoms with Crippen LogP contribution in [0.15, 0.2) is 41.6 Å². The van der Waals surface area contributed by atoms with Gasteiger partial charge < -0.3 is 14.6 Å². The topological polar surface area (TPSA) is 69.0 Å². The quantitative estimate of drug-likeness (QED) is 0.586. The van der Waals surface area contributed by atoms with Gasteiger partial charge in [-0.3, -0.25) is 4.79 Å². The highest BCUT2D eigenvalue weighted by molar-refractivity contribution is 7.99. The average Bonchev–Trinajstić information content (AvgIpc) is 3.01. The predicted octanol–water partition coefficient (Wildman–Crippen LogP) is 4.36. The van der Waals surface area contributed by atoms with Crippen molar-refractivity contribution in [1.29, 1.82) is 0 Å². The number of ether oxygens (including phenoxy) is 1. The van der Waals surface area contributed by atoms with Crippen molar-refractivity contribution >= 4 is 23.4 Å².